The van der Waals surface area contributed by atoms with Crippen LogP contribution in [-0.4, -0.2) is 57.0 Å². The van der Waals surface area contributed by atoms with E-state index in [9.17, 15) is 9.90 Å². The molecule has 1 amide bonds. The number of guanidine groups is 1. The van der Waals surface area contributed by atoms with Crippen LogP contribution in [-0.2, 0) is 11.3 Å². The molecule has 2 aromatic rings. The van der Waals surface area contributed by atoms with Crippen molar-refractivity contribution in [2.45, 2.75) is 95.7 Å². The highest BCUT2D eigenvalue weighted by Crippen LogP contribution is 2.36. The smallest absolute Gasteiger partial charge is 0.222 e. The SMILES string of the molecule is NC1=Nc2cnc(Oc3ccccc3)cc2CN1[C@@H](CCC(=O)N(CCO)C1CCCCC1)C1CCCCC1.S. The van der Waals surface area contributed by atoms with Crippen LogP contribution in [0.2, 0.25) is 0 Å². The summed E-state index contributed by atoms with van der Waals surface area (Å²) in [4.78, 5) is 26.9. The summed E-state index contributed by atoms with van der Waals surface area (Å²) in [5, 5.41) is 9.69. The maximum absolute atomic E-state index is 13.5. The number of ether oxygens (including phenoxy) is 1. The van der Waals surface area contributed by atoms with Crippen LogP contribution < -0.4 is 10.5 Å². The Hall–Kier alpha value is -2.78. The Balaban J connectivity index is 0.00000370. The van der Waals surface area contributed by atoms with Crippen molar-refractivity contribution in [1.82, 2.24) is 14.8 Å². The van der Waals surface area contributed by atoms with Crippen LogP contribution in [0.3, 0.4) is 0 Å². The Morgan fingerprint density at radius 1 is 1.07 bits per heavy atom. The van der Waals surface area contributed by atoms with Crippen molar-refractivity contribution in [3.63, 3.8) is 0 Å². The number of hydrogen-bond donors (Lipinski definition) is 2. The number of amides is 1. The Labute approximate surface area is 245 Å². The number of benzene rings is 1. The highest BCUT2D eigenvalue weighted by molar-refractivity contribution is 7.59. The molecular weight excluding hydrogens is 522 g/mol. The Bertz CT molecular complexity index is 1120. The lowest BCUT2D eigenvalue weighted by atomic mass is 9.81. The van der Waals surface area contributed by atoms with Gasteiger partial charge in [-0.2, -0.15) is 13.5 Å². The molecule has 5 rings (SSSR count). The molecular formula is C31H45N5O3S. The van der Waals surface area contributed by atoms with Crippen molar-refractivity contribution in [2.75, 3.05) is 13.2 Å². The first kappa shape index (κ1) is 30.2. The van der Waals surface area contributed by atoms with E-state index in [-0.39, 0.29) is 38.1 Å². The van der Waals surface area contributed by atoms with Gasteiger partial charge in [0.1, 0.15) is 5.75 Å². The highest BCUT2D eigenvalue weighted by Gasteiger charge is 2.34. The summed E-state index contributed by atoms with van der Waals surface area (Å²) >= 11 is 0. The van der Waals surface area contributed by atoms with Crippen molar-refractivity contribution in [3.8, 4) is 11.6 Å². The minimum atomic E-state index is 0. The second-order valence-corrected chi connectivity index (χ2v) is 11.3. The minimum Gasteiger partial charge on any atom is -0.439 e. The first-order valence-corrected chi connectivity index (χ1v) is 14.9. The molecule has 218 valence electrons. The summed E-state index contributed by atoms with van der Waals surface area (Å²) in [6.07, 6.45) is 14.6. The van der Waals surface area contributed by atoms with Gasteiger partial charge >= 0.3 is 0 Å². The summed E-state index contributed by atoms with van der Waals surface area (Å²) < 4.78 is 5.99. The number of pyridine rings is 1. The number of rotatable bonds is 10. The van der Waals surface area contributed by atoms with E-state index in [1.54, 1.807) is 6.20 Å². The van der Waals surface area contributed by atoms with Crippen LogP contribution in [0.25, 0.3) is 0 Å². The lowest BCUT2D eigenvalue weighted by molar-refractivity contribution is -0.135. The van der Waals surface area contributed by atoms with Crippen molar-refractivity contribution < 1.29 is 14.6 Å². The van der Waals surface area contributed by atoms with E-state index >= 15 is 0 Å². The van der Waals surface area contributed by atoms with Gasteiger partial charge in [-0.3, -0.25) is 4.79 Å². The Kier molecular flexibility index (Phi) is 11.1. The normalized spacial score (nSPS) is 18.7. The molecule has 0 radical (unpaired) electrons. The van der Waals surface area contributed by atoms with E-state index in [0.717, 1.165) is 61.9 Å². The predicted octanol–water partition coefficient (Wildman–Crippen LogP) is 5.63. The molecule has 2 heterocycles. The second kappa shape index (κ2) is 14.7. The molecule has 1 aliphatic heterocycles. The number of fused-ring (bicyclic) bond motifs is 1. The molecule has 1 atom stereocenters. The van der Waals surface area contributed by atoms with E-state index < -0.39 is 0 Å². The lowest BCUT2D eigenvalue weighted by Crippen LogP contribution is -2.50. The quantitative estimate of drug-likeness (QED) is 0.386. The van der Waals surface area contributed by atoms with Crippen LogP contribution in [0.15, 0.2) is 47.6 Å². The van der Waals surface area contributed by atoms with Crippen LogP contribution in [0, 0.1) is 5.92 Å². The zero-order valence-corrected chi connectivity index (χ0v) is 24.5. The van der Waals surface area contributed by atoms with Gasteiger partial charge < -0.3 is 25.4 Å². The van der Waals surface area contributed by atoms with Gasteiger partial charge in [0, 0.05) is 43.2 Å². The third kappa shape index (κ3) is 7.49. The van der Waals surface area contributed by atoms with E-state index in [2.05, 4.69) is 9.88 Å². The van der Waals surface area contributed by atoms with Gasteiger partial charge in [0.2, 0.25) is 11.8 Å². The van der Waals surface area contributed by atoms with Gasteiger partial charge in [-0.15, -0.1) is 0 Å². The number of aliphatic imine (C=N–C) groups is 1. The zero-order valence-electron chi connectivity index (χ0n) is 23.5. The van der Waals surface area contributed by atoms with Gasteiger partial charge in [0.25, 0.3) is 0 Å². The van der Waals surface area contributed by atoms with E-state index in [1.807, 2.05) is 41.3 Å². The molecule has 0 spiro atoms. The molecule has 2 fully saturated rings. The second-order valence-electron chi connectivity index (χ2n) is 11.3. The van der Waals surface area contributed by atoms with Gasteiger partial charge in [-0.05, 0) is 50.2 Å². The predicted molar refractivity (Wildman–Crippen MR) is 163 cm³/mol. The summed E-state index contributed by atoms with van der Waals surface area (Å²) in [7, 11) is 0. The average Bonchev–Trinajstić information content (AvgIpc) is 2.98. The molecule has 0 unspecified atom stereocenters. The largest absolute Gasteiger partial charge is 0.439 e. The summed E-state index contributed by atoms with van der Waals surface area (Å²) in [5.74, 6) is 2.41. The van der Waals surface area contributed by atoms with Crippen molar-refractivity contribution in [1.29, 1.82) is 0 Å². The third-order valence-corrected chi connectivity index (χ3v) is 8.70. The number of carbonyl (C=O) groups excluding carboxylic acids is 1. The van der Waals surface area contributed by atoms with Crippen molar-refractivity contribution >= 4 is 31.0 Å². The van der Waals surface area contributed by atoms with Crippen LogP contribution >= 0.6 is 13.5 Å². The maximum atomic E-state index is 13.5. The number of aliphatic hydroxyl groups is 1. The molecule has 0 saturated heterocycles. The number of aliphatic hydroxyl groups excluding tert-OH is 1. The number of nitrogens with zero attached hydrogens (tertiary/aromatic N) is 4. The number of hydrogen-bond acceptors (Lipinski definition) is 7. The first-order valence-electron chi connectivity index (χ1n) is 14.9. The topological polar surface area (TPSA) is 104 Å². The van der Waals surface area contributed by atoms with Gasteiger partial charge in [-0.25, -0.2) is 9.98 Å². The number of nitrogens with two attached hydrogens (primary N) is 1. The van der Waals surface area contributed by atoms with E-state index in [4.69, 9.17) is 15.5 Å². The molecule has 0 bridgehead atoms. The summed E-state index contributed by atoms with van der Waals surface area (Å²) in [6, 6.07) is 12.0. The van der Waals surface area contributed by atoms with Gasteiger partial charge in [0.05, 0.1) is 18.5 Å². The zero-order chi connectivity index (χ0) is 27.0. The van der Waals surface area contributed by atoms with Crippen LogP contribution in [0.4, 0.5) is 5.69 Å². The Morgan fingerprint density at radius 2 is 1.77 bits per heavy atom. The monoisotopic (exact) mass is 567 g/mol. The average molecular weight is 568 g/mol. The fourth-order valence-electron chi connectivity index (χ4n) is 6.69. The highest BCUT2D eigenvalue weighted by atomic mass is 32.1. The molecule has 40 heavy (non-hydrogen) atoms. The molecule has 3 N–H and O–H groups in total. The molecule has 1 aromatic carbocycles. The van der Waals surface area contributed by atoms with Crippen LogP contribution in [0.1, 0.15) is 82.6 Å². The molecule has 2 aliphatic carbocycles. The first-order chi connectivity index (χ1) is 19.1. The molecule has 2 saturated carbocycles. The van der Waals surface area contributed by atoms with E-state index in [1.165, 1.54) is 25.7 Å². The maximum Gasteiger partial charge on any atom is 0.222 e. The van der Waals surface area contributed by atoms with Gasteiger partial charge in [0.15, 0.2) is 5.96 Å². The fourth-order valence-corrected chi connectivity index (χ4v) is 6.69. The lowest BCUT2D eigenvalue weighted by Gasteiger charge is -2.41. The molecule has 8 nitrogen and oxygen atoms in total. The van der Waals surface area contributed by atoms with E-state index in [0.29, 0.717) is 37.3 Å². The molecule has 3 aliphatic rings. The molecule has 9 heteroatoms. The fraction of sp³-hybridized carbons (Fsp3) is 0.581. The standard InChI is InChI=1S/C31H43N5O3.H2S/c32-31-34-27-21-33-29(39-26-14-8-3-9-15-26)20-24(27)22-36(31)28(23-10-4-1-5-11-23)16-17-30(38)35(18-19-37)25-12-6-2-7-13-25;/h3,8-9,14-15,20-21,23,25,28,37H,1-2,4-7,10-13,16-19,22H2,(H2,32,34);1H2/t28-;/m0./s1. The molecule has 1 aromatic heterocycles. The van der Waals surface area contributed by atoms with Crippen molar-refractivity contribution in [2.24, 2.45) is 16.6 Å². The third-order valence-electron chi connectivity index (χ3n) is 8.70. The summed E-state index contributed by atoms with van der Waals surface area (Å²) in [6.45, 7) is 1.06. The number of aromatic nitrogens is 1. The number of carbonyl (C=O) groups is 1. The van der Waals surface area contributed by atoms with Gasteiger partial charge in [-0.1, -0.05) is 56.7 Å². The Morgan fingerprint density at radius 3 is 2.48 bits per heavy atom. The minimum absolute atomic E-state index is 0. The van der Waals surface area contributed by atoms with Crippen molar-refractivity contribution in [3.05, 3.63) is 48.2 Å². The van der Waals surface area contributed by atoms with Crippen LogP contribution in [0.5, 0.6) is 11.6 Å². The summed E-state index contributed by atoms with van der Waals surface area (Å²) in [5.41, 5.74) is 8.38. The number of para-hydroxylation sites is 1.